The van der Waals surface area contributed by atoms with Crippen molar-refractivity contribution in [1.82, 2.24) is 15.6 Å². The first-order valence-electron chi connectivity index (χ1n) is 5.90. The average molecular weight is 249 g/mol. The van der Waals surface area contributed by atoms with Crippen LogP contribution in [0.2, 0.25) is 0 Å². The molecule has 0 aliphatic rings. The van der Waals surface area contributed by atoms with E-state index in [1.54, 1.807) is 17.1 Å². The molecular formula is C12H17N4O2+. The van der Waals surface area contributed by atoms with Crippen molar-refractivity contribution < 1.29 is 9.20 Å². The zero-order chi connectivity index (χ0) is 13.0. The summed E-state index contributed by atoms with van der Waals surface area (Å²) in [5.74, 6) is 0. The number of nitrogens with one attached hydrogen (secondary N) is 2. The third kappa shape index (κ3) is 2.84. The molecule has 0 saturated carbocycles. The minimum Gasteiger partial charge on any atom is -0.303 e. The Bertz CT molecular complexity index is 545. The van der Waals surface area contributed by atoms with Crippen molar-refractivity contribution in [3.8, 4) is 0 Å². The van der Waals surface area contributed by atoms with E-state index in [1.165, 1.54) is 0 Å². The molecule has 96 valence electrons. The minimum atomic E-state index is -0.331. The van der Waals surface area contributed by atoms with Crippen LogP contribution in [0.5, 0.6) is 0 Å². The molecule has 6 nitrogen and oxygen atoms in total. The van der Waals surface area contributed by atoms with Crippen LogP contribution in [0.25, 0.3) is 0 Å². The van der Waals surface area contributed by atoms with E-state index in [4.69, 9.17) is 4.52 Å². The van der Waals surface area contributed by atoms with Crippen molar-refractivity contribution in [3.63, 3.8) is 0 Å². The molecule has 0 radical (unpaired) electrons. The second kappa shape index (κ2) is 5.59. The Morgan fingerprint density at radius 3 is 3.00 bits per heavy atom. The van der Waals surface area contributed by atoms with Crippen LogP contribution in [0.3, 0.4) is 0 Å². The molecule has 0 unspecified atom stereocenters. The zero-order valence-corrected chi connectivity index (χ0v) is 10.5. The number of aromatic nitrogens is 3. The molecule has 2 heterocycles. The maximum atomic E-state index is 11.5. The topological polar surface area (TPSA) is 74.8 Å². The van der Waals surface area contributed by atoms with E-state index in [2.05, 4.69) is 15.6 Å². The van der Waals surface area contributed by atoms with E-state index in [0.717, 1.165) is 5.56 Å². The molecular weight excluding hydrogens is 232 g/mol. The smallest absolute Gasteiger partial charge is 0.303 e. The minimum absolute atomic E-state index is 0.159. The van der Waals surface area contributed by atoms with Crippen molar-refractivity contribution in [2.24, 2.45) is 0 Å². The molecule has 0 fully saturated rings. The first-order valence-corrected chi connectivity index (χ1v) is 5.90. The summed E-state index contributed by atoms with van der Waals surface area (Å²) in [7, 11) is 0. The molecule has 6 heteroatoms. The molecule has 0 aromatic carbocycles. The molecule has 0 aliphatic carbocycles. The molecule has 2 N–H and O–H groups in total. The highest BCUT2D eigenvalue weighted by Crippen LogP contribution is 1.96. The molecule has 0 saturated heterocycles. The average Bonchev–Trinajstić information content (AvgIpc) is 2.73. The summed E-state index contributed by atoms with van der Waals surface area (Å²) in [5, 5.41) is 5.80. The number of rotatable bonds is 5. The fourth-order valence-electron chi connectivity index (χ4n) is 1.71. The lowest BCUT2D eigenvalue weighted by Gasteiger charge is -2.01. The molecule has 0 bridgehead atoms. The summed E-state index contributed by atoms with van der Waals surface area (Å²) in [6.45, 7) is 5.08. The predicted molar refractivity (Wildman–Crippen MR) is 64.7 cm³/mol. The molecule has 0 atom stereocenters. The monoisotopic (exact) mass is 249 g/mol. The molecule has 2 rings (SSSR count). The first kappa shape index (κ1) is 12.5. The van der Waals surface area contributed by atoms with E-state index < -0.39 is 0 Å². The Balaban J connectivity index is 1.98. The molecule has 0 spiro atoms. The summed E-state index contributed by atoms with van der Waals surface area (Å²) in [6.07, 6.45) is 3.53. The molecule has 2 aromatic rings. The van der Waals surface area contributed by atoms with Crippen molar-refractivity contribution in [2.45, 2.75) is 33.0 Å². The highest BCUT2D eigenvalue weighted by Gasteiger charge is 2.22. The lowest BCUT2D eigenvalue weighted by Crippen LogP contribution is -2.44. The van der Waals surface area contributed by atoms with Crippen LogP contribution in [-0.2, 0) is 13.1 Å². The van der Waals surface area contributed by atoms with E-state index >= 15 is 0 Å². The molecule has 2 aromatic heterocycles. The highest BCUT2D eigenvalue weighted by atomic mass is 16.5. The fourth-order valence-corrected chi connectivity index (χ4v) is 1.71. The van der Waals surface area contributed by atoms with Crippen molar-refractivity contribution in [1.29, 1.82) is 0 Å². The Labute approximate surface area is 105 Å². The van der Waals surface area contributed by atoms with Crippen LogP contribution in [0.4, 0.5) is 0 Å². The van der Waals surface area contributed by atoms with Gasteiger partial charge in [-0.2, -0.15) is 0 Å². The van der Waals surface area contributed by atoms with Crippen LogP contribution in [0.1, 0.15) is 31.1 Å². The van der Waals surface area contributed by atoms with Crippen molar-refractivity contribution in [2.75, 3.05) is 0 Å². The summed E-state index contributed by atoms with van der Waals surface area (Å²) >= 11 is 0. The SMILES string of the molecule is CC(C)[n+]1[nH]oc(=O)c1CNCc1cccnc1. The summed E-state index contributed by atoms with van der Waals surface area (Å²) < 4.78 is 6.51. The number of aromatic amines is 1. The van der Waals surface area contributed by atoms with Gasteiger partial charge in [0.25, 0.3) is 0 Å². The van der Waals surface area contributed by atoms with Crippen molar-refractivity contribution >= 4 is 0 Å². The van der Waals surface area contributed by atoms with Gasteiger partial charge in [0, 0.05) is 18.9 Å². The fraction of sp³-hybridized carbons (Fsp3) is 0.417. The standard InChI is InChI=1S/C12H16N4O2/c1-9(2)16-11(12(17)18-15-16)8-14-7-10-4-3-5-13-6-10/h3-6,9,14H,7-8H2,1-2H3/p+1. The van der Waals surface area contributed by atoms with E-state index in [-0.39, 0.29) is 11.7 Å². The Kier molecular flexibility index (Phi) is 3.88. The number of nitrogens with zero attached hydrogens (tertiary/aromatic N) is 2. The molecule has 0 aliphatic heterocycles. The normalized spacial score (nSPS) is 11.1. The highest BCUT2D eigenvalue weighted by molar-refractivity contribution is 5.07. The van der Waals surface area contributed by atoms with Gasteiger partial charge in [-0.1, -0.05) is 10.7 Å². The summed E-state index contributed by atoms with van der Waals surface area (Å²) in [4.78, 5) is 15.5. The van der Waals surface area contributed by atoms with E-state index in [1.807, 2.05) is 26.0 Å². The Morgan fingerprint density at radius 2 is 2.33 bits per heavy atom. The van der Waals surface area contributed by atoms with Gasteiger partial charge in [0.15, 0.2) is 6.04 Å². The second-order valence-corrected chi connectivity index (χ2v) is 4.36. The van der Waals surface area contributed by atoms with Gasteiger partial charge in [0.1, 0.15) is 0 Å². The number of H-pyrrole nitrogens is 1. The van der Waals surface area contributed by atoms with Gasteiger partial charge in [0.05, 0.1) is 6.54 Å². The van der Waals surface area contributed by atoms with Crippen LogP contribution in [0, 0.1) is 0 Å². The van der Waals surface area contributed by atoms with Gasteiger partial charge in [-0.15, -0.1) is 0 Å². The first-order chi connectivity index (χ1) is 8.68. The van der Waals surface area contributed by atoms with Gasteiger partial charge in [-0.3, -0.25) is 9.51 Å². The third-order valence-corrected chi connectivity index (χ3v) is 2.62. The second-order valence-electron chi connectivity index (χ2n) is 4.36. The Hall–Kier alpha value is -1.95. The number of hydrogen-bond donors (Lipinski definition) is 2. The van der Waals surface area contributed by atoms with Gasteiger partial charge in [0.2, 0.25) is 0 Å². The molecule has 0 amide bonds. The van der Waals surface area contributed by atoms with Crippen LogP contribution in [-0.4, -0.2) is 10.3 Å². The van der Waals surface area contributed by atoms with Crippen molar-refractivity contribution in [3.05, 3.63) is 46.2 Å². The predicted octanol–water partition coefficient (Wildman–Crippen LogP) is 0.521. The van der Waals surface area contributed by atoms with E-state index in [9.17, 15) is 4.79 Å². The quantitative estimate of drug-likeness (QED) is 0.758. The lowest BCUT2D eigenvalue weighted by atomic mass is 10.3. The van der Waals surface area contributed by atoms with Crippen LogP contribution < -0.4 is 15.6 Å². The summed E-state index contributed by atoms with van der Waals surface area (Å²) in [5.41, 5.74) is 1.34. The van der Waals surface area contributed by atoms with Gasteiger partial charge >= 0.3 is 11.3 Å². The van der Waals surface area contributed by atoms with Gasteiger partial charge < -0.3 is 5.32 Å². The zero-order valence-electron chi connectivity index (χ0n) is 10.5. The lowest BCUT2D eigenvalue weighted by molar-refractivity contribution is -0.785. The summed E-state index contributed by atoms with van der Waals surface area (Å²) in [6, 6.07) is 4.03. The molecule has 18 heavy (non-hydrogen) atoms. The number of hydrogen-bond acceptors (Lipinski definition) is 4. The largest absolute Gasteiger partial charge is 0.431 e. The maximum absolute atomic E-state index is 11.5. The van der Waals surface area contributed by atoms with Crippen LogP contribution in [0.15, 0.2) is 33.8 Å². The third-order valence-electron chi connectivity index (χ3n) is 2.62. The number of pyridine rings is 1. The van der Waals surface area contributed by atoms with Crippen LogP contribution >= 0.6 is 0 Å². The maximum Gasteiger partial charge on any atom is 0.431 e. The van der Waals surface area contributed by atoms with Gasteiger partial charge in [-0.05, 0) is 30.7 Å². The van der Waals surface area contributed by atoms with Gasteiger partial charge in [-0.25, -0.2) is 4.79 Å². The van der Waals surface area contributed by atoms with E-state index in [0.29, 0.717) is 18.8 Å². The Morgan fingerprint density at radius 1 is 1.50 bits per heavy atom.